The smallest absolute Gasteiger partial charge is 0.219 e. The maximum absolute atomic E-state index is 12.4. The minimum absolute atomic E-state index is 0.00250. The van der Waals surface area contributed by atoms with Gasteiger partial charge < -0.3 is 15.0 Å². The van der Waals surface area contributed by atoms with Gasteiger partial charge in [-0.15, -0.1) is 0 Å². The molecule has 1 fully saturated rings. The second-order valence-corrected chi connectivity index (χ2v) is 8.25. The number of amides is 1. The van der Waals surface area contributed by atoms with Crippen LogP contribution in [0.15, 0.2) is 24.8 Å². The normalized spacial score (nSPS) is 14.2. The van der Waals surface area contributed by atoms with Gasteiger partial charge in [-0.3, -0.25) is 9.59 Å². The molecule has 1 heterocycles. The number of benzene rings is 1. The molecule has 32 heavy (non-hydrogen) atoms. The summed E-state index contributed by atoms with van der Waals surface area (Å²) in [7, 11) is 1.59. The summed E-state index contributed by atoms with van der Waals surface area (Å²) >= 11 is 0. The van der Waals surface area contributed by atoms with E-state index in [9.17, 15) is 14.4 Å². The summed E-state index contributed by atoms with van der Waals surface area (Å²) in [6.07, 6.45) is 4.90. The van der Waals surface area contributed by atoms with Gasteiger partial charge in [0.05, 0.1) is 0 Å². The number of piperidine rings is 1. The monoisotopic (exact) mass is 444 g/mol. The van der Waals surface area contributed by atoms with Gasteiger partial charge in [0.25, 0.3) is 0 Å². The number of Topliss-reactive ketones (excluding diaryl/α,β-unsaturated/α-hetero) is 1. The van der Waals surface area contributed by atoms with E-state index in [-0.39, 0.29) is 17.6 Å². The lowest BCUT2D eigenvalue weighted by atomic mass is 9.93. The van der Waals surface area contributed by atoms with Crippen LogP contribution in [0.5, 0.6) is 0 Å². The molecule has 1 N–H and O–H groups in total. The van der Waals surface area contributed by atoms with Crippen LogP contribution in [0.3, 0.4) is 0 Å². The Bertz CT molecular complexity index is 734. The van der Waals surface area contributed by atoms with Crippen molar-refractivity contribution in [1.82, 2.24) is 5.32 Å². The van der Waals surface area contributed by atoms with E-state index in [0.717, 1.165) is 47.7 Å². The SMILES string of the molecule is C=C(C)c1cccc(N2CCC(C)CC2)c1C(=O)CC.CC.CNC(=O)CCC(C)C=O. The van der Waals surface area contributed by atoms with E-state index in [1.165, 1.54) is 12.8 Å². The lowest BCUT2D eigenvalue weighted by molar-refractivity contribution is -0.121. The Kier molecular flexibility index (Phi) is 15.0. The van der Waals surface area contributed by atoms with Gasteiger partial charge in [0, 0.05) is 50.1 Å². The standard InChI is InChI=1S/C18H25NO.C7H13NO2.C2H6/c1-5-17(20)18-15(13(2)3)7-6-8-16(18)19-11-9-14(4)10-12-19;1-6(5-9)3-4-7(10)8-2;1-2/h6-8,14H,2,5,9-12H2,1,3-4H3;5-6H,3-4H2,1-2H3,(H,8,10);1-2H3. The molecule has 0 radical (unpaired) electrons. The number of nitrogens with one attached hydrogen (secondary N) is 1. The molecule has 0 spiro atoms. The molecule has 0 aliphatic carbocycles. The fourth-order valence-corrected chi connectivity index (χ4v) is 3.43. The first-order valence-corrected chi connectivity index (χ1v) is 12.0. The average molecular weight is 445 g/mol. The number of ketones is 1. The predicted molar refractivity (Wildman–Crippen MR) is 136 cm³/mol. The number of aldehydes is 1. The van der Waals surface area contributed by atoms with E-state index in [2.05, 4.69) is 29.8 Å². The van der Waals surface area contributed by atoms with Crippen molar-refractivity contribution in [2.45, 2.75) is 73.6 Å². The van der Waals surface area contributed by atoms with Gasteiger partial charge in [0.2, 0.25) is 5.91 Å². The second-order valence-electron chi connectivity index (χ2n) is 8.25. The Labute approximate surface area is 195 Å². The molecule has 1 unspecified atom stereocenters. The van der Waals surface area contributed by atoms with Gasteiger partial charge in [-0.2, -0.15) is 0 Å². The average Bonchev–Trinajstić information content (AvgIpc) is 2.83. The van der Waals surface area contributed by atoms with Crippen molar-refractivity contribution in [3.05, 3.63) is 35.9 Å². The molecule has 0 aromatic heterocycles. The Morgan fingerprint density at radius 3 is 2.31 bits per heavy atom. The first kappa shape index (κ1) is 29.6. The molecule has 1 aliphatic rings. The van der Waals surface area contributed by atoms with Gasteiger partial charge in [0.15, 0.2) is 5.78 Å². The number of carbonyl (C=O) groups is 3. The number of allylic oxidation sites excluding steroid dienone is 1. The Balaban J connectivity index is 0.000000680. The van der Waals surface area contributed by atoms with Crippen LogP contribution in [0.4, 0.5) is 5.69 Å². The molecule has 1 aliphatic heterocycles. The number of hydrogen-bond donors (Lipinski definition) is 1. The van der Waals surface area contributed by atoms with Gasteiger partial charge in [0.1, 0.15) is 6.29 Å². The van der Waals surface area contributed by atoms with Crippen LogP contribution in [0, 0.1) is 11.8 Å². The van der Waals surface area contributed by atoms with E-state index >= 15 is 0 Å². The van der Waals surface area contributed by atoms with E-state index < -0.39 is 0 Å². The highest BCUT2D eigenvalue weighted by Crippen LogP contribution is 2.31. The van der Waals surface area contributed by atoms with E-state index in [1.54, 1.807) is 14.0 Å². The minimum Gasteiger partial charge on any atom is -0.371 e. The van der Waals surface area contributed by atoms with Crippen LogP contribution < -0.4 is 10.2 Å². The first-order chi connectivity index (χ1) is 15.2. The third-order valence-electron chi connectivity index (χ3n) is 5.56. The van der Waals surface area contributed by atoms with Crippen LogP contribution in [-0.4, -0.2) is 38.1 Å². The molecule has 5 nitrogen and oxygen atoms in total. The Hall–Kier alpha value is -2.43. The van der Waals surface area contributed by atoms with E-state index in [0.29, 0.717) is 19.3 Å². The molecule has 1 amide bonds. The largest absolute Gasteiger partial charge is 0.371 e. The lowest BCUT2D eigenvalue weighted by Crippen LogP contribution is -2.34. The third-order valence-corrected chi connectivity index (χ3v) is 5.56. The molecule has 2 rings (SSSR count). The summed E-state index contributed by atoms with van der Waals surface area (Å²) in [5.41, 5.74) is 3.95. The highest BCUT2D eigenvalue weighted by molar-refractivity contribution is 6.05. The Morgan fingerprint density at radius 1 is 1.25 bits per heavy atom. The molecule has 1 atom stereocenters. The molecule has 5 heteroatoms. The molecule has 1 aromatic carbocycles. The highest BCUT2D eigenvalue weighted by Gasteiger charge is 2.22. The van der Waals surface area contributed by atoms with Crippen molar-refractivity contribution in [3.63, 3.8) is 0 Å². The summed E-state index contributed by atoms with van der Waals surface area (Å²) in [5.74, 6) is 1.00. The van der Waals surface area contributed by atoms with Crippen LogP contribution in [-0.2, 0) is 9.59 Å². The number of rotatable bonds is 8. The van der Waals surface area contributed by atoms with E-state index in [4.69, 9.17) is 0 Å². The van der Waals surface area contributed by atoms with E-state index in [1.807, 2.05) is 39.8 Å². The topological polar surface area (TPSA) is 66.5 Å². The fraction of sp³-hybridized carbons (Fsp3) is 0.593. The summed E-state index contributed by atoms with van der Waals surface area (Å²) < 4.78 is 0. The molecule has 1 saturated heterocycles. The second kappa shape index (κ2) is 16.2. The molecular weight excluding hydrogens is 400 g/mol. The Morgan fingerprint density at radius 2 is 1.84 bits per heavy atom. The van der Waals surface area contributed by atoms with Crippen molar-refractivity contribution in [2.24, 2.45) is 11.8 Å². The van der Waals surface area contributed by atoms with Crippen molar-refractivity contribution in [2.75, 3.05) is 25.0 Å². The highest BCUT2D eigenvalue weighted by atomic mass is 16.1. The number of carbonyl (C=O) groups excluding carboxylic acids is 3. The molecular formula is C27H44N2O3. The van der Waals surface area contributed by atoms with Crippen LogP contribution in [0.2, 0.25) is 0 Å². The maximum atomic E-state index is 12.4. The number of nitrogens with zero attached hydrogens (tertiary/aromatic N) is 1. The molecule has 0 saturated carbocycles. The van der Waals surface area contributed by atoms with Crippen molar-refractivity contribution in [3.8, 4) is 0 Å². The van der Waals surface area contributed by atoms with Crippen molar-refractivity contribution in [1.29, 1.82) is 0 Å². The maximum Gasteiger partial charge on any atom is 0.219 e. The van der Waals surface area contributed by atoms with Crippen molar-refractivity contribution < 1.29 is 14.4 Å². The summed E-state index contributed by atoms with van der Waals surface area (Å²) in [4.78, 5) is 35.4. The summed E-state index contributed by atoms with van der Waals surface area (Å²) in [6.45, 7) is 18.1. The zero-order valence-corrected chi connectivity index (χ0v) is 21.3. The summed E-state index contributed by atoms with van der Waals surface area (Å²) in [6, 6.07) is 6.15. The van der Waals surface area contributed by atoms with Crippen LogP contribution >= 0.6 is 0 Å². The number of hydrogen-bond acceptors (Lipinski definition) is 4. The summed E-state index contributed by atoms with van der Waals surface area (Å²) in [5, 5.41) is 2.49. The molecule has 1 aromatic rings. The quantitative estimate of drug-likeness (QED) is 0.399. The minimum atomic E-state index is -0.00583. The third kappa shape index (κ3) is 9.80. The predicted octanol–water partition coefficient (Wildman–Crippen LogP) is 5.92. The zero-order valence-electron chi connectivity index (χ0n) is 21.3. The van der Waals surface area contributed by atoms with Crippen LogP contribution in [0.1, 0.15) is 89.6 Å². The van der Waals surface area contributed by atoms with Crippen LogP contribution in [0.25, 0.3) is 5.57 Å². The van der Waals surface area contributed by atoms with Gasteiger partial charge >= 0.3 is 0 Å². The van der Waals surface area contributed by atoms with Crippen molar-refractivity contribution >= 4 is 29.2 Å². The lowest BCUT2D eigenvalue weighted by Gasteiger charge is -2.34. The fourth-order valence-electron chi connectivity index (χ4n) is 3.43. The van der Waals surface area contributed by atoms with Gasteiger partial charge in [-0.1, -0.05) is 58.9 Å². The van der Waals surface area contributed by atoms with Gasteiger partial charge in [-0.25, -0.2) is 0 Å². The first-order valence-electron chi connectivity index (χ1n) is 12.0. The molecule has 180 valence electrons. The number of anilines is 1. The zero-order chi connectivity index (χ0) is 24.7. The van der Waals surface area contributed by atoms with Gasteiger partial charge in [-0.05, 0) is 43.7 Å². The molecule has 0 bridgehead atoms.